The van der Waals surface area contributed by atoms with Gasteiger partial charge in [0.15, 0.2) is 5.09 Å². The van der Waals surface area contributed by atoms with E-state index in [0.29, 0.717) is 39.4 Å². The fourth-order valence-electron chi connectivity index (χ4n) is 2.69. The largest absolute Gasteiger partial charge is 0.450 e. The van der Waals surface area contributed by atoms with Crippen LogP contribution in [0.25, 0.3) is 6.08 Å². The van der Waals surface area contributed by atoms with Crippen LogP contribution in [0, 0.1) is 11.3 Å². The van der Waals surface area contributed by atoms with Crippen molar-refractivity contribution < 1.29 is 13.9 Å². The van der Waals surface area contributed by atoms with Gasteiger partial charge in [-0.15, -0.1) is 10.2 Å². The maximum atomic E-state index is 12.5. The second-order valence-corrected chi connectivity index (χ2v) is 8.80. The van der Waals surface area contributed by atoms with Gasteiger partial charge in [-0.3, -0.25) is 10.1 Å². The van der Waals surface area contributed by atoms with Gasteiger partial charge in [-0.25, -0.2) is 0 Å². The highest BCUT2D eigenvalue weighted by molar-refractivity contribution is 7.99. The number of nitrogens with one attached hydrogen (secondary N) is 1. The predicted octanol–water partition coefficient (Wildman–Crippen LogP) is 4.32. The first kappa shape index (κ1) is 21.4. The molecule has 3 aromatic rings. The molecule has 4 rings (SSSR count). The van der Waals surface area contributed by atoms with Gasteiger partial charge in [-0.2, -0.15) is 5.26 Å². The number of benzene rings is 1. The number of carbonyl (C=O) groups is 1. The Morgan fingerprint density at radius 2 is 2.00 bits per heavy atom. The van der Waals surface area contributed by atoms with Crippen molar-refractivity contribution in [3.63, 3.8) is 0 Å². The molecule has 3 heterocycles. The topological polar surface area (TPSA) is 104 Å². The number of nitriles is 1. The first-order valence-corrected chi connectivity index (χ1v) is 11.2. The molecular weight excluding hydrogens is 458 g/mol. The van der Waals surface area contributed by atoms with Crippen LogP contribution in [0.2, 0.25) is 5.02 Å². The molecule has 158 valence electrons. The lowest BCUT2D eigenvalue weighted by Crippen LogP contribution is -2.36. The van der Waals surface area contributed by atoms with Gasteiger partial charge in [0, 0.05) is 29.1 Å². The summed E-state index contributed by atoms with van der Waals surface area (Å²) in [4.78, 5) is 15.5. The normalized spacial score (nSPS) is 14.3. The van der Waals surface area contributed by atoms with Gasteiger partial charge in [0.1, 0.15) is 17.4 Å². The molecular formula is C20H16ClN5O3S2. The maximum absolute atomic E-state index is 12.5. The van der Waals surface area contributed by atoms with Crippen LogP contribution < -0.4 is 10.2 Å². The number of halogens is 1. The Kier molecular flexibility index (Phi) is 6.89. The van der Waals surface area contributed by atoms with E-state index in [1.165, 1.54) is 29.2 Å². The van der Waals surface area contributed by atoms with E-state index in [4.69, 9.17) is 20.8 Å². The molecule has 31 heavy (non-hydrogen) atoms. The van der Waals surface area contributed by atoms with Crippen molar-refractivity contribution in [2.45, 2.75) is 9.99 Å². The van der Waals surface area contributed by atoms with Crippen LogP contribution in [0.15, 0.2) is 56.4 Å². The molecule has 0 unspecified atom stereocenters. The van der Waals surface area contributed by atoms with Crippen LogP contribution in [0.5, 0.6) is 0 Å². The van der Waals surface area contributed by atoms with Crippen LogP contribution >= 0.6 is 34.7 Å². The molecule has 0 atom stereocenters. The lowest BCUT2D eigenvalue weighted by molar-refractivity contribution is -0.112. The second kappa shape index (κ2) is 9.98. The van der Waals surface area contributed by atoms with Crippen LogP contribution in [0.1, 0.15) is 5.76 Å². The van der Waals surface area contributed by atoms with Crippen LogP contribution in [-0.4, -0.2) is 42.4 Å². The average molecular weight is 474 g/mol. The Hall–Kier alpha value is -2.84. The molecule has 1 aliphatic heterocycles. The molecule has 0 radical (unpaired) electrons. The molecule has 1 saturated heterocycles. The predicted molar refractivity (Wildman–Crippen MR) is 119 cm³/mol. The molecule has 11 heteroatoms. The summed E-state index contributed by atoms with van der Waals surface area (Å²) in [5.74, 6) is -0.176. The summed E-state index contributed by atoms with van der Waals surface area (Å²) in [7, 11) is 0. The Labute approximate surface area is 191 Å². The highest BCUT2D eigenvalue weighted by Gasteiger charge is 2.18. The van der Waals surface area contributed by atoms with E-state index < -0.39 is 5.91 Å². The number of hydrogen-bond acceptors (Lipinski definition) is 9. The highest BCUT2D eigenvalue weighted by Crippen LogP contribution is 2.31. The lowest BCUT2D eigenvalue weighted by atomic mass is 10.2. The molecule has 0 spiro atoms. The quantitative estimate of drug-likeness (QED) is 0.417. The zero-order valence-electron chi connectivity index (χ0n) is 16.1. The van der Waals surface area contributed by atoms with Crippen molar-refractivity contribution >= 4 is 56.9 Å². The van der Waals surface area contributed by atoms with E-state index in [0.717, 1.165) is 18.0 Å². The fourth-order valence-corrected chi connectivity index (χ4v) is 4.39. The summed E-state index contributed by atoms with van der Waals surface area (Å²) in [6, 6.07) is 12.7. The number of ether oxygens (including phenoxy) is 1. The number of hydrogen-bond donors (Lipinski definition) is 1. The fraction of sp³-hybridized carbons (Fsp3) is 0.200. The highest BCUT2D eigenvalue weighted by atomic mass is 35.5. The number of nitrogens with zero attached hydrogens (tertiary/aromatic N) is 4. The molecule has 1 aliphatic rings. The summed E-state index contributed by atoms with van der Waals surface area (Å²) >= 11 is 8.56. The Bertz CT molecular complexity index is 1130. The van der Waals surface area contributed by atoms with Crippen molar-refractivity contribution in [3.05, 3.63) is 52.8 Å². The standard InChI is InChI=1S/C20H16ClN5O3S2/c21-14-1-4-16(5-2-14)30-17-6-3-15(29-17)11-13(12-22)18(27)23-19-24-25-20(31-19)26-7-9-28-10-8-26/h1-6,11H,7-10H2,(H,23,24,27). The summed E-state index contributed by atoms with van der Waals surface area (Å²) in [5, 5.41) is 22.5. The van der Waals surface area contributed by atoms with E-state index >= 15 is 0 Å². The summed E-state index contributed by atoms with van der Waals surface area (Å²) in [6.45, 7) is 2.70. The number of furan rings is 1. The Morgan fingerprint density at radius 1 is 1.23 bits per heavy atom. The van der Waals surface area contributed by atoms with Crippen molar-refractivity contribution in [2.24, 2.45) is 0 Å². The zero-order valence-corrected chi connectivity index (χ0v) is 18.5. The number of aromatic nitrogens is 2. The second-order valence-electron chi connectivity index (χ2n) is 6.33. The smallest absolute Gasteiger partial charge is 0.268 e. The minimum absolute atomic E-state index is 0.0967. The third kappa shape index (κ3) is 5.65. The van der Waals surface area contributed by atoms with Crippen LogP contribution in [0.3, 0.4) is 0 Å². The molecule has 1 fully saturated rings. The van der Waals surface area contributed by atoms with Gasteiger partial charge in [0.05, 0.1) is 13.2 Å². The van der Waals surface area contributed by atoms with Crippen LogP contribution in [0.4, 0.5) is 10.3 Å². The molecule has 0 bridgehead atoms. The molecule has 2 aromatic heterocycles. The molecule has 8 nitrogen and oxygen atoms in total. The van der Waals surface area contributed by atoms with Gasteiger partial charge < -0.3 is 14.1 Å². The summed E-state index contributed by atoms with van der Waals surface area (Å²) in [5.41, 5.74) is -0.0967. The van der Waals surface area contributed by atoms with Gasteiger partial charge in [-0.05, 0) is 36.4 Å². The number of carbonyl (C=O) groups excluding carboxylic acids is 1. The number of amides is 1. The van der Waals surface area contributed by atoms with E-state index in [2.05, 4.69) is 15.5 Å². The minimum Gasteiger partial charge on any atom is -0.450 e. The third-order valence-electron chi connectivity index (χ3n) is 4.20. The Balaban J connectivity index is 1.40. The molecule has 0 aliphatic carbocycles. The molecule has 0 saturated carbocycles. The Morgan fingerprint density at radius 3 is 2.74 bits per heavy atom. The van der Waals surface area contributed by atoms with E-state index in [1.54, 1.807) is 24.3 Å². The number of morpholine rings is 1. The zero-order chi connectivity index (χ0) is 21.6. The van der Waals surface area contributed by atoms with Crippen molar-refractivity contribution in [2.75, 3.05) is 36.5 Å². The SMILES string of the molecule is N#CC(=Cc1ccc(Sc2ccc(Cl)cc2)o1)C(=O)Nc1nnc(N2CCOCC2)s1. The molecule has 1 aromatic carbocycles. The van der Waals surface area contributed by atoms with E-state index in [-0.39, 0.29) is 5.57 Å². The van der Waals surface area contributed by atoms with E-state index in [1.807, 2.05) is 23.1 Å². The lowest BCUT2D eigenvalue weighted by Gasteiger charge is -2.25. The van der Waals surface area contributed by atoms with E-state index in [9.17, 15) is 10.1 Å². The van der Waals surface area contributed by atoms with Crippen molar-refractivity contribution in [1.82, 2.24) is 10.2 Å². The first-order valence-electron chi connectivity index (χ1n) is 9.23. The molecule has 1 N–H and O–H groups in total. The van der Waals surface area contributed by atoms with Gasteiger partial charge in [0.25, 0.3) is 5.91 Å². The average Bonchev–Trinajstić information content (AvgIpc) is 3.44. The monoisotopic (exact) mass is 473 g/mol. The number of anilines is 2. The van der Waals surface area contributed by atoms with Crippen LogP contribution in [-0.2, 0) is 9.53 Å². The van der Waals surface area contributed by atoms with Gasteiger partial charge >= 0.3 is 0 Å². The van der Waals surface area contributed by atoms with Crippen molar-refractivity contribution in [1.29, 1.82) is 5.26 Å². The first-order chi connectivity index (χ1) is 15.1. The molecule has 1 amide bonds. The summed E-state index contributed by atoms with van der Waals surface area (Å²) in [6.07, 6.45) is 1.39. The summed E-state index contributed by atoms with van der Waals surface area (Å²) < 4.78 is 11.0. The maximum Gasteiger partial charge on any atom is 0.268 e. The third-order valence-corrected chi connectivity index (χ3v) is 6.28. The minimum atomic E-state index is -0.574. The number of rotatable bonds is 6. The van der Waals surface area contributed by atoms with Gasteiger partial charge in [-0.1, -0.05) is 34.7 Å². The van der Waals surface area contributed by atoms with Gasteiger partial charge in [0.2, 0.25) is 10.3 Å². The van der Waals surface area contributed by atoms with Crippen molar-refractivity contribution in [3.8, 4) is 6.07 Å².